The first-order valence-corrected chi connectivity index (χ1v) is 11.7. The minimum Gasteiger partial charge on any atom is -0.395 e. The van der Waals surface area contributed by atoms with E-state index in [-0.39, 0.29) is 17.9 Å². The molecule has 0 atom stereocenters. The highest BCUT2D eigenvalue weighted by Crippen LogP contribution is 2.49. The number of hydrogen-bond acceptors (Lipinski definition) is 5. The highest BCUT2D eigenvalue weighted by molar-refractivity contribution is 5.93. The molecule has 0 unspecified atom stereocenters. The lowest BCUT2D eigenvalue weighted by Crippen LogP contribution is -2.34. The molecule has 1 N–H and O–H groups in total. The molecule has 1 aliphatic heterocycles. The van der Waals surface area contributed by atoms with Gasteiger partial charge in [0.05, 0.1) is 6.61 Å². The number of aromatic nitrogens is 2. The van der Waals surface area contributed by atoms with Gasteiger partial charge in [-0.1, -0.05) is 24.3 Å². The second-order valence-corrected chi connectivity index (χ2v) is 9.42. The van der Waals surface area contributed by atoms with Crippen LogP contribution in [0.5, 0.6) is 0 Å². The number of hydrogen-bond donors (Lipinski definition) is 1. The molecule has 33 heavy (non-hydrogen) atoms. The van der Waals surface area contributed by atoms with Crippen molar-refractivity contribution in [2.45, 2.75) is 44.2 Å². The van der Waals surface area contributed by atoms with Crippen LogP contribution in [0, 0.1) is 12.7 Å². The Balaban J connectivity index is 1.52. The fraction of sp³-hybridized carbons (Fsp3) is 0.462. The van der Waals surface area contributed by atoms with Gasteiger partial charge in [-0.25, -0.2) is 18.7 Å². The number of fused-ring (bicyclic) bond motifs is 1. The number of aliphatic hydroxyl groups excluding tert-OH is 1. The number of benzene rings is 2. The Morgan fingerprint density at radius 3 is 2.55 bits per heavy atom. The molecule has 0 radical (unpaired) electrons. The van der Waals surface area contributed by atoms with E-state index in [2.05, 4.69) is 46.1 Å². The Labute approximate surface area is 193 Å². The van der Waals surface area contributed by atoms with Gasteiger partial charge in [-0.2, -0.15) is 0 Å². The third kappa shape index (κ3) is 4.14. The molecule has 2 aromatic carbocycles. The van der Waals surface area contributed by atoms with Gasteiger partial charge in [0.25, 0.3) is 0 Å². The minimum atomic E-state index is -1.54. The van der Waals surface area contributed by atoms with Crippen molar-refractivity contribution in [3.8, 4) is 0 Å². The van der Waals surface area contributed by atoms with E-state index in [4.69, 9.17) is 0 Å². The lowest BCUT2D eigenvalue weighted by Gasteiger charge is -2.34. The topological polar surface area (TPSA) is 52.5 Å². The molecule has 1 saturated heterocycles. The summed E-state index contributed by atoms with van der Waals surface area (Å²) in [5, 5.41) is 9.89. The smallest absolute Gasteiger partial charge is 0.170 e. The second-order valence-electron chi connectivity index (χ2n) is 9.42. The number of anilines is 2. The molecule has 2 heterocycles. The van der Waals surface area contributed by atoms with E-state index in [0.29, 0.717) is 42.2 Å². The van der Waals surface area contributed by atoms with Crippen molar-refractivity contribution in [3.05, 3.63) is 59.2 Å². The van der Waals surface area contributed by atoms with Gasteiger partial charge < -0.3 is 14.9 Å². The number of alkyl halides is 1. The highest BCUT2D eigenvalue weighted by Gasteiger charge is 2.48. The predicted octanol–water partition coefficient (Wildman–Crippen LogP) is 4.85. The largest absolute Gasteiger partial charge is 0.395 e. The summed E-state index contributed by atoms with van der Waals surface area (Å²) in [6, 6.07) is 11.8. The number of likely N-dealkylation sites (N-methyl/N-ethyl adjacent to an activating group) is 1. The molecular formula is C26H30F2N4O. The third-order valence-corrected chi connectivity index (χ3v) is 7.11. The van der Waals surface area contributed by atoms with E-state index in [0.717, 1.165) is 25.9 Å². The van der Waals surface area contributed by atoms with E-state index >= 15 is 4.39 Å². The van der Waals surface area contributed by atoms with Gasteiger partial charge in [0.15, 0.2) is 17.3 Å². The van der Waals surface area contributed by atoms with Crippen molar-refractivity contribution >= 4 is 22.4 Å². The molecule has 174 valence electrons. The van der Waals surface area contributed by atoms with E-state index in [9.17, 15) is 9.50 Å². The van der Waals surface area contributed by atoms with Crippen molar-refractivity contribution < 1.29 is 13.9 Å². The van der Waals surface area contributed by atoms with Gasteiger partial charge in [-0.3, -0.25) is 0 Å². The van der Waals surface area contributed by atoms with E-state index in [1.807, 2.05) is 6.07 Å². The summed E-state index contributed by atoms with van der Waals surface area (Å²) < 4.78 is 30.2. The number of rotatable bonds is 6. The third-order valence-electron chi connectivity index (χ3n) is 7.11. The first kappa shape index (κ1) is 22.0. The van der Waals surface area contributed by atoms with Crippen LogP contribution in [0.4, 0.5) is 20.3 Å². The van der Waals surface area contributed by atoms with Crippen LogP contribution in [0.3, 0.4) is 0 Å². The van der Waals surface area contributed by atoms with Crippen LogP contribution in [-0.2, 0) is 5.67 Å². The maximum atomic E-state index is 15.2. The summed E-state index contributed by atoms with van der Waals surface area (Å²) in [6.07, 6.45) is 2.68. The molecule has 5 nitrogen and oxygen atoms in total. The monoisotopic (exact) mass is 452 g/mol. The molecule has 2 aliphatic rings. The van der Waals surface area contributed by atoms with Crippen LogP contribution in [0.2, 0.25) is 0 Å². The van der Waals surface area contributed by atoms with Crippen molar-refractivity contribution in [2.75, 3.05) is 43.1 Å². The molecule has 3 aromatic rings. The predicted molar refractivity (Wildman–Crippen MR) is 127 cm³/mol. The Hall–Kier alpha value is -2.80. The number of aliphatic hydroxyl groups is 1. The molecule has 1 aliphatic carbocycles. The van der Waals surface area contributed by atoms with Crippen molar-refractivity contribution in [1.82, 2.24) is 9.97 Å². The maximum absolute atomic E-state index is 15.2. The fourth-order valence-electron chi connectivity index (χ4n) is 4.88. The number of halogens is 2. The average molecular weight is 453 g/mol. The Kier molecular flexibility index (Phi) is 5.69. The molecule has 1 aromatic heterocycles. The Morgan fingerprint density at radius 1 is 1.15 bits per heavy atom. The van der Waals surface area contributed by atoms with Gasteiger partial charge in [0, 0.05) is 37.8 Å². The Bertz CT molecular complexity index is 1170. The van der Waals surface area contributed by atoms with Gasteiger partial charge >= 0.3 is 0 Å². The fourth-order valence-corrected chi connectivity index (χ4v) is 4.88. The summed E-state index contributed by atoms with van der Waals surface area (Å²) in [7, 11) is 1.81. The van der Waals surface area contributed by atoms with Gasteiger partial charge in [0.2, 0.25) is 0 Å². The molecule has 1 saturated carbocycles. The van der Waals surface area contributed by atoms with Crippen LogP contribution >= 0.6 is 0 Å². The molecule has 0 spiro atoms. The molecular weight excluding hydrogens is 422 g/mol. The van der Waals surface area contributed by atoms with Gasteiger partial charge in [-0.15, -0.1) is 0 Å². The zero-order valence-corrected chi connectivity index (χ0v) is 19.2. The summed E-state index contributed by atoms with van der Waals surface area (Å²) in [4.78, 5) is 12.9. The zero-order chi connectivity index (χ0) is 23.2. The van der Waals surface area contributed by atoms with Gasteiger partial charge in [0.1, 0.15) is 11.3 Å². The lowest BCUT2D eigenvalue weighted by molar-refractivity contribution is 0.301. The van der Waals surface area contributed by atoms with Gasteiger partial charge in [-0.05, 0) is 61.8 Å². The van der Waals surface area contributed by atoms with Crippen molar-refractivity contribution in [3.63, 3.8) is 0 Å². The standard InChI is InChI=1S/C26H30F2N4O/c1-17-5-3-4-6-20(17)18-7-11-32(12-8-18)24-21-15-19(31(2)13-14-33)16-22(27)23(21)29-25(30-24)26(28)9-10-26/h3-6,15-16,18,33H,7-14H2,1-2H3. The molecule has 7 heteroatoms. The second kappa shape index (κ2) is 8.52. The summed E-state index contributed by atoms with van der Waals surface area (Å²) in [5.41, 5.74) is 1.95. The normalized spacial score (nSPS) is 18.0. The number of nitrogens with zero attached hydrogens (tertiary/aromatic N) is 4. The zero-order valence-electron chi connectivity index (χ0n) is 19.2. The Morgan fingerprint density at radius 2 is 1.88 bits per heavy atom. The van der Waals surface area contributed by atoms with Crippen LogP contribution in [0.15, 0.2) is 36.4 Å². The summed E-state index contributed by atoms with van der Waals surface area (Å²) in [6.45, 7) is 4.03. The molecule has 2 fully saturated rings. The molecule has 0 bridgehead atoms. The first-order valence-electron chi connectivity index (χ1n) is 11.7. The maximum Gasteiger partial charge on any atom is 0.170 e. The van der Waals surface area contributed by atoms with E-state index in [1.54, 1.807) is 11.9 Å². The first-order chi connectivity index (χ1) is 15.9. The summed E-state index contributed by atoms with van der Waals surface area (Å²) in [5.74, 6) is 0.687. The number of piperidine rings is 1. The van der Waals surface area contributed by atoms with Crippen LogP contribution in [0.1, 0.15) is 48.6 Å². The summed E-state index contributed by atoms with van der Waals surface area (Å²) >= 11 is 0. The van der Waals surface area contributed by atoms with Crippen LogP contribution in [-0.4, -0.2) is 48.4 Å². The van der Waals surface area contributed by atoms with Crippen molar-refractivity contribution in [2.24, 2.45) is 0 Å². The lowest BCUT2D eigenvalue weighted by atomic mass is 9.87. The van der Waals surface area contributed by atoms with E-state index in [1.165, 1.54) is 17.2 Å². The van der Waals surface area contributed by atoms with E-state index < -0.39 is 11.5 Å². The van der Waals surface area contributed by atoms with Crippen LogP contribution in [0.25, 0.3) is 10.9 Å². The van der Waals surface area contributed by atoms with Crippen molar-refractivity contribution in [1.29, 1.82) is 0 Å². The number of aryl methyl sites for hydroxylation is 1. The minimum absolute atomic E-state index is 0.0325. The highest BCUT2D eigenvalue weighted by atomic mass is 19.1. The molecule has 0 amide bonds. The quantitative estimate of drug-likeness (QED) is 0.580. The molecule has 5 rings (SSSR count). The van der Waals surface area contributed by atoms with Crippen LogP contribution < -0.4 is 9.80 Å². The average Bonchev–Trinajstić information content (AvgIpc) is 3.57. The SMILES string of the molecule is Cc1ccccc1C1CCN(c2nc(C3(F)CC3)nc3c(F)cc(N(C)CCO)cc23)CC1.